The topological polar surface area (TPSA) is 50.7 Å². The van der Waals surface area contributed by atoms with Gasteiger partial charge in [0.1, 0.15) is 11.6 Å². The first-order valence-electron chi connectivity index (χ1n) is 5.56. The van der Waals surface area contributed by atoms with Gasteiger partial charge in [-0.25, -0.2) is 15.0 Å². The Balaban J connectivity index is 1.98. The molecular weight excluding hydrogens is 236 g/mol. The predicted octanol–water partition coefficient (Wildman–Crippen LogP) is 2.76. The summed E-state index contributed by atoms with van der Waals surface area (Å²) in [6.45, 7) is 0. The van der Waals surface area contributed by atoms with Gasteiger partial charge in [0, 0.05) is 11.8 Å². The Bertz CT molecular complexity index is 542. The second-order valence-electron chi connectivity index (χ2n) is 3.96. The van der Waals surface area contributed by atoms with Crippen molar-refractivity contribution < 1.29 is 0 Å². The maximum atomic E-state index is 5.91. The van der Waals surface area contributed by atoms with Gasteiger partial charge in [0.15, 0.2) is 0 Å². The van der Waals surface area contributed by atoms with E-state index >= 15 is 0 Å². The van der Waals surface area contributed by atoms with Crippen LogP contribution in [-0.2, 0) is 12.8 Å². The molecule has 0 fully saturated rings. The van der Waals surface area contributed by atoms with Crippen LogP contribution in [0.1, 0.15) is 17.7 Å². The van der Waals surface area contributed by atoms with Gasteiger partial charge in [-0.1, -0.05) is 6.07 Å². The molecule has 2 aromatic heterocycles. The van der Waals surface area contributed by atoms with Gasteiger partial charge in [-0.15, -0.1) is 0 Å². The third-order valence-electron chi connectivity index (χ3n) is 2.82. The van der Waals surface area contributed by atoms with E-state index in [-0.39, 0.29) is 0 Å². The smallest absolute Gasteiger partial charge is 0.224 e. The van der Waals surface area contributed by atoms with Crippen molar-refractivity contribution in [2.24, 2.45) is 0 Å². The molecule has 2 aromatic rings. The summed E-state index contributed by atoms with van der Waals surface area (Å²) in [4.78, 5) is 12.7. The molecule has 4 nitrogen and oxygen atoms in total. The number of nitrogens with zero attached hydrogens (tertiary/aromatic N) is 3. The third-order valence-corrected chi connectivity index (χ3v) is 2.99. The van der Waals surface area contributed by atoms with Gasteiger partial charge >= 0.3 is 0 Å². The molecule has 17 heavy (non-hydrogen) atoms. The lowest BCUT2D eigenvalue weighted by molar-refractivity contribution is 0.899. The van der Waals surface area contributed by atoms with E-state index in [1.54, 1.807) is 6.20 Å². The number of pyridine rings is 1. The van der Waals surface area contributed by atoms with E-state index in [1.807, 2.05) is 18.2 Å². The summed E-state index contributed by atoms with van der Waals surface area (Å²) in [5.41, 5.74) is 2.23. The Kier molecular flexibility index (Phi) is 2.65. The number of anilines is 2. The van der Waals surface area contributed by atoms with Crippen LogP contribution >= 0.6 is 11.6 Å². The minimum atomic E-state index is 0.295. The Hall–Kier alpha value is -1.68. The number of rotatable bonds is 2. The summed E-state index contributed by atoms with van der Waals surface area (Å²) in [5.74, 6) is 1.56. The largest absolute Gasteiger partial charge is 0.325 e. The SMILES string of the molecule is Clc1nc2c(c(Nc3ccccn3)n1)CCC2. The van der Waals surface area contributed by atoms with Crippen molar-refractivity contribution in [3.05, 3.63) is 40.9 Å². The fourth-order valence-electron chi connectivity index (χ4n) is 2.06. The summed E-state index contributed by atoms with van der Waals surface area (Å²) >= 11 is 5.91. The van der Waals surface area contributed by atoms with Gasteiger partial charge in [-0.3, -0.25) is 0 Å². The highest BCUT2D eigenvalue weighted by atomic mass is 35.5. The molecule has 1 aliphatic carbocycles. The van der Waals surface area contributed by atoms with Crippen LogP contribution in [-0.4, -0.2) is 15.0 Å². The average Bonchev–Trinajstić information content (AvgIpc) is 2.78. The van der Waals surface area contributed by atoms with Crippen LogP contribution in [0.15, 0.2) is 24.4 Å². The first kappa shape index (κ1) is 10.5. The van der Waals surface area contributed by atoms with Crippen LogP contribution in [0, 0.1) is 0 Å². The molecule has 5 heteroatoms. The normalized spacial score (nSPS) is 13.5. The van der Waals surface area contributed by atoms with Crippen LogP contribution in [0.25, 0.3) is 0 Å². The number of hydrogen-bond acceptors (Lipinski definition) is 4. The quantitative estimate of drug-likeness (QED) is 0.828. The number of hydrogen-bond donors (Lipinski definition) is 1. The Labute approximate surface area is 104 Å². The lowest BCUT2D eigenvalue weighted by Crippen LogP contribution is -2.02. The second-order valence-corrected chi connectivity index (χ2v) is 4.30. The molecule has 0 spiro atoms. The Morgan fingerprint density at radius 3 is 2.94 bits per heavy atom. The highest BCUT2D eigenvalue weighted by Gasteiger charge is 2.18. The molecule has 86 valence electrons. The van der Waals surface area contributed by atoms with E-state index in [2.05, 4.69) is 20.3 Å². The number of aromatic nitrogens is 3. The molecule has 0 aliphatic heterocycles. The molecule has 1 N–H and O–H groups in total. The molecule has 0 atom stereocenters. The predicted molar refractivity (Wildman–Crippen MR) is 66.6 cm³/mol. The van der Waals surface area contributed by atoms with E-state index in [4.69, 9.17) is 11.6 Å². The van der Waals surface area contributed by atoms with Gasteiger partial charge in [0.05, 0.1) is 5.69 Å². The summed E-state index contributed by atoms with van der Waals surface area (Å²) in [6.07, 6.45) is 4.84. The number of halogens is 1. The maximum absolute atomic E-state index is 5.91. The molecule has 2 heterocycles. The standard InChI is InChI=1S/C12H11ClN4/c13-12-15-9-5-3-4-8(9)11(17-12)16-10-6-1-2-7-14-10/h1-2,6-7H,3-5H2,(H,14,15,16,17). The van der Waals surface area contributed by atoms with E-state index in [9.17, 15) is 0 Å². The summed E-state index contributed by atoms with van der Waals surface area (Å²) in [7, 11) is 0. The Morgan fingerprint density at radius 1 is 1.18 bits per heavy atom. The van der Waals surface area contributed by atoms with Crippen LogP contribution in [0.2, 0.25) is 5.28 Å². The molecule has 0 saturated carbocycles. The number of fused-ring (bicyclic) bond motifs is 1. The highest BCUT2D eigenvalue weighted by molar-refractivity contribution is 6.28. The van der Waals surface area contributed by atoms with E-state index in [1.165, 1.54) is 5.56 Å². The van der Waals surface area contributed by atoms with Gasteiger partial charge < -0.3 is 5.32 Å². The van der Waals surface area contributed by atoms with Crippen molar-refractivity contribution in [2.75, 3.05) is 5.32 Å². The van der Waals surface area contributed by atoms with E-state index < -0.39 is 0 Å². The maximum Gasteiger partial charge on any atom is 0.224 e. The zero-order valence-electron chi connectivity index (χ0n) is 9.15. The molecule has 0 aromatic carbocycles. The van der Waals surface area contributed by atoms with Crippen molar-refractivity contribution in [1.29, 1.82) is 0 Å². The summed E-state index contributed by atoms with van der Waals surface area (Å²) in [5, 5.41) is 3.49. The number of aryl methyl sites for hydroxylation is 1. The molecule has 3 rings (SSSR count). The minimum absolute atomic E-state index is 0.295. The van der Waals surface area contributed by atoms with Crippen LogP contribution in [0.3, 0.4) is 0 Å². The molecular formula is C12H11ClN4. The zero-order chi connectivity index (χ0) is 11.7. The Morgan fingerprint density at radius 2 is 2.12 bits per heavy atom. The van der Waals surface area contributed by atoms with Crippen molar-refractivity contribution >= 4 is 23.2 Å². The van der Waals surface area contributed by atoms with Crippen molar-refractivity contribution in [1.82, 2.24) is 15.0 Å². The first-order chi connectivity index (χ1) is 8.33. The van der Waals surface area contributed by atoms with Crippen LogP contribution < -0.4 is 5.32 Å². The highest BCUT2D eigenvalue weighted by Crippen LogP contribution is 2.28. The molecule has 1 aliphatic rings. The zero-order valence-corrected chi connectivity index (χ0v) is 9.91. The van der Waals surface area contributed by atoms with Crippen LogP contribution in [0.5, 0.6) is 0 Å². The van der Waals surface area contributed by atoms with Gasteiger partial charge in [-0.05, 0) is 43.0 Å². The fourth-order valence-corrected chi connectivity index (χ4v) is 2.25. The first-order valence-corrected chi connectivity index (χ1v) is 5.94. The van der Waals surface area contributed by atoms with Crippen molar-refractivity contribution in [3.8, 4) is 0 Å². The molecule has 0 radical (unpaired) electrons. The van der Waals surface area contributed by atoms with Crippen LogP contribution in [0.4, 0.5) is 11.6 Å². The molecule has 0 unspecified atom stereocenters. The monoisotopic (exact) mass is 246 g/mol. The van der Waals surface area contributed by atoms with Gasteiger partial charge in [0.2, 0.25) is 5.28 Å². The lowest BCUT2D eigenvalue weighted by atomic mass is 10.2. The second kappa shape index (κ2) is 4.30. The van der Waals surface area contributed by atoms with Gasteiger partial charge in [-0.2, -0.15) is 0 Å². The minimum Gasteiger partial charge on any atom is -0.325 e. The lowest BCUT2D eigenvalue weighted by Gasteiger charge is -2.09. The van der Waals surface area contributed by atoms with Crippen molar-refractivity contribution in [2.45, 2.75) is 19.3 Å². The third kappa shape index (κ3) is 2.08. The molecule has 0 saturated heterocycles. The molecule has 0 amide bonds. The summed E-state index contributed by atoms with van der Waals surface area (Å²) in [6, 6.07) is 5.71. The van der Waals surface area contributed by atoms with Gasteiger partial charge in [0.25, 0.3) is 0 Å². The van der Waals surface area contributed by atoms with E-state index in [0.717, 1.165) is 36.6 Å². The van der Waals surface area contributed by atoms with E-state index in [0.29, 0.717) is 5.28 Å². The number of nitrogens with one attached hydrogen (secondary N) is 1. The fraction of sp³-hybridized carbons (Fsp3) is 0.250. The molecule has 0 bridgehead atoms. The average molecular weight is 247 g/mol. The summed E-state index contributed by atoms with van der Waals surface area (Å²) < 4.78 is 0. The van der Waals surface area contributed by atoms with Crippen molar-refractivity contribution in [3.63, 3.8) is 0 Å².